The molecule has 0 bridgehead atoms. The van der Waals surface area contributed by atoms with Gasteiger partial charge in [0.1, 0.15) is 0 Å². The maximum atomic E-state index is 7.96. The normalized spacial score (nSPS) is 12.1. The van der Waals surface area contributed by atoms with Crippen LogP contribution in [-0.2, 0) is 14.3 Å². The number of unbranched alkanes of at least 4 members (excludes halogenated alkanes) is 4. The van der Waals surface area contributed by atoms with Gasteiger partial charge in [-0.05, 0) is 0 Å². The standard InChI is InChI=1S/2C10H14O.4C4H9.O.2Sn/c2*1-4-9-8(3)7(2)5-6-10(9)11;4*1-3-4-2;;;/h2*5-6,11H,4H2,1-3H3;4*1,3-4H2,2H3;;;/q;;;;;;;2*+1/p-2. The van der Waals surface area contributed by atoms with E-state index in [4.69, 9.17) is 7.56 Å². The zero-order valence-electron chi connectivity index (χ0n) is 28.4. The van der Waals surface area contributed by atoms with Crippen molar-refractivity contribution in [1.29, 1.82) is 0 Å². The van der Waals surface area contributed by atoms with Gasteiger partial charge in [-0.2, -0.15) is 0 Å². The quantitative estimate of drug-likeness (QED) is 0.125. The average molecular weight is 780 g/mol. The maximum absolute atomic E-state index is 7.96. The molecule has 232 valence electrons. The van der Waals surface area contributed by atoms with Crippen LogP contribution in [-0.4, -0.2) is 38.4 Å². The van der Waals surface area contributed by atoms with Crippen molar-refractivity contribution >= 4 is 38.4 Å². The third-order valence-corrected chi connectivity index (χ3v) is 41.4. The van der Waals surface area contributed by atoms with Crippen LogP contribution in [0.2, 0.25) is 17.7 Å². The first-order valence-electron chi connectivity index (χ1n) is 16.9. The van der Waals surface area contributed by atoms with Crippen LogP contribution in [0.25, 0.3) is 0 Å². The second-order valence-electron chi connectivity index (χ2n) is 12.2. The van der Waals surface area contributed by atoms with Gasteiger partial charge in [0, 0.05) is 0 Å². The predicted octanol–water partition coefficient (Wildman–Crippen LogP) is 11.6. The van der Waals surface area contributed by atoms with Gasteiger partial charge in [-0.3, -0.25) is 0 Å². The van der Waals surface area contributed by atoms with Gasteiger partial charge in [0.05, 0.1) is 0 Å². The summed E-state index contributed by atoms with van der Waals surface area (Å²) in [6, 6.07) is 9.01. The van der Waals surface area contributed by atoms with Crippen LogP contribution >= 0.6 is 0 Å². The molecule has 0 aliphatic heterocycles. The zero-order chi connectivity index (χ0) is 30.5. The van der Waals surface area contributed by atoms with Gasteiger partial charge in [-0.25, -0.2) is 0 Å². The number of hydrogen-bond acceptors (Lipinski definition) is 3. The van der Waals surface area contributed by atoms with Crippen molar-refractivity contribution in [3.05, 3.63) is 57.6 Å². The second kappa shape index (κ2) is 18.4. The van der Waals surface area contributed by atoms with Crippen molar-refractivity contribution in [2.45, 2.75) is 151 Å². The topological polar surface area (TPSA) is 27.7 Å². The van der Waals surface area contributed by atoms with Crippen LogP contribution < -0.4 is 6.15 Å². The van der Waals surface area contributed by atoms with E-state index in [1.807, 2.05) is 0 Å². The molecule has 5 heteroatoms. The Morgan fingerprint density at radius 3 is 1.07 bits per heavy atom. The van der Waals surface area contributed by atoms with E-state index >= 15 is 0 Å². The summed E-state index contributed by atoms with van der Waals surface area (Å²) in [5.74, 6) is 2.20. The van der Waals surface area contributed by atoms with Gasteiger partial charge in [0.2, 0.25) is 0 Å². The molecule has 0 aliphatic carbocycles. The minimum absolute atomic E-state index is 0.992. The van der Waals surface area contributed by atoms with Crippen LogP contribution in [0.3, 0.4) is 0 Å². The molecule has 0 aromatic heterocycles. The number of benzene rings is 2. The average Bonchev–Trinajstić information content (AvgIpc) is 2.97. The number of hydrogen-bond donors (Lipinski definition) is 0. The molecule has 2 aromatic rings. The van der Waals surface area contributed by atoms with Gasteiger partial charge in [0.25, 0.3) is 0 Å². The molecule has 0 atom stereocenters. The van der Waals surface area contributed by atoms with Crippen molar-refractivity contribution < 1.29 is 7.56 Å². The molecule has 0 radical (unpaired) electrons. The fourth-order valence-electron chi connectivity index (χ4n) is 5.99. The molecule has 0 fully saturated rings. The van der Waals surface area contributed by atoms with Crippen LogP contribution in [0.4, 0.5) is 0 Å². The van der Waals surface area contributed by atoms with Crippen molar-refractivity contribution in [3.8, 4) is 11.5 Å². The molecule has 0 aliphatic rings. The van der Waals surface area contributed by atoms with E-state index in [-0.39, 0.29) is 0 Å². The molecule has 2 aromatic carbocycles. The van der Waals surface area contributed by atoms with E-state index in [0.29, 0.717) is 0 Å². The third kappa shape index (κ3) is 10.3. The molecule has 0 N–H and O–H groups in total. The molecule has 3 nitrogen and oxygen atoms in total. The van der Waals surface area contributed by atoms with E-state index in [9.17, 15) is 0 Å². The number of aryl methyl sites for hydroxylation is 2. The fourth-order valence-corrected chi connectivity index (χ4v) is 47.9. The monoisotopic (exact) mass is 782 g/mol. The van der Waals surface area contributed by atoms with E-state index < -0.39 is 38.4 Å². The molecular formula is C36H62O3Sn2. The molecule has 0 spiro atoms. The van der Waals surface area contributed by atoms with Gasteiger partial charge in [-0.1, -0.05) is 0 Å². The molecular weight excluding hydrogens is 718 g/mol. The second-order valence-corrected chi connectivity index (χ2v) is 34.0. The van der Waals surface area contributed by atoms with Crippen LogP contribution in [0.1, 0.15) is 126 Å². The Hall–Kier alpha value is -0.403. The molecule has 0 saturated heterocycles. The summed E-state index contributed by atoms with van der Waals surface area (Å²) in [5.41, 5.74) is 8.19. The summed E-state index contributed by atoms with van der Waals surface area (Å²) >= 11 is -7.31. The Balaban J connectivity index is 2.74. The van der Waals surface area contributed by atoms with E-state index in [1.54, 1.807) is 0 Å². The third-order valence-electron chi connectivity index (χ3n) is 8.97. The van der Waals surface area contributed by atoms with Crippen LogP contribution in [0.5, 0.6) is 11.5 Å². The molecule has 0 heterocycles. The summed E-state index contributed by atoms with van der Waals surface area (Å²) < 4.78 is 27.4. The number of rotatable bonds is 20. The van der Waals surface area contributed by atoms with E-state index in [0.717, 1.165) is 42.1 Å². The SMILES string of the molecule is CCC[CH2][Sn]([CH2]CCC)([O]c1ccc(C)c(C)c1CC)[O][Sn]([CH2]CCC)([CH2]CCC)[O]c1ccc(C)c(C)c1CC. The van der Waals surface area contributed by atoms with Crippen LogP contribution in [0.15, 0.2) is 24.3 Å². The summed E-state index contributed by atoms with van der Waals surface area (Å²) in [7, 11) is 0. The van der Waals surface area contributed by atoms with Crippen molar-refractivity contribution in [2.24, 2.45) is 0 Å². The summed E-state index contributed by atoms with van der Waals surface area (Å²) in [6.45, 7) is 22.8. The van der Waals surface area contributed by atoms with Crippen molar-refractivity contribution in [2.75, 3.05) is 0 Å². The first-order valence-corrected chi connectivity index (χ1v) is 29.6. The molecule has 2 rings (SSSR count). The van der Waals surface area contributed by atoms with Crippen molar-refractivity contribution in [1.82, 2.24) is 0 Å². The van der Waals surface area contributed by atoms with Gasteiger partial charge >= 0.3 is 266 Å². The summed E-state index contributed by atoms with van der Waals surface area (Å²) in [6.07, 6.45) is 11.4. The fraction of sp³-hybridized carbons (Fsp3) is 0.667. The Labute approximate surface area is 264 Å². The van der Waals surface area contributed by atoms with E-state index in [2.05, 4.69) is 93.5 Å². The van der Waals surface area contributed by atoms with E-state index in [1.165, 1.54) is 84.7 Å². The Morgan fingerprint density at radius 1 is 0.488 bits per heavy atom. The zero-order valence-corrected chi connectivity index (χ0v) is 34.1. The van der Waals surface area contributed by atoms with Gasteiger partial charge in [-0.15, -0.1) is 0 Å². The Morgan fingerprint density at radius 2 is 0.805 bits per heavy atom. The van der Waals surface area contributed by atoms with Crippen molar-refractivity contribution in [3.63, 3.8) is 0 Å². The van der Waals surface area contributed by atoms with Gasteiger partial charge in [0.15, 0.2) is 0 Å². The molecule has 0 unspecified atom stereocenters. The van der Waals surface area contributed by atoms with Gasteiger partial charge < -0.3 is 0 Å². The molecule has 0 saturated carbocycles. The Kier molecular flexibility index (Phi) is 16.5. The minimum atomic E-state index is -3.66. The summed E-state index contributed by atoms with van der Waals surface area (Å²) in [5, 5.41) is 0. The van der Waals surface area contributed by atoms with Crippen LogP contribution in [0, 0.1) is 27.7 Å². The summed E-state index contributed by atoms with van der Waals surface area (Å²) in [4.78, 5) is 0. The Bertz CT molecular complexity index is 966. The molecule has 0 amide bonds. The predicted molar refractivity (Wildman–Crippen MR) is 183 cm³/mol. The first-order chi connectivity index (χ1) is 19.6. The molecule has 41 heavy (non-hydrogen) atoms. The first kappa shape index (κ1) is 36.8.